The van der Waals surface area contributed by atoms with E-state index in [1.807, 2.05) is 37.3 Å². The lowest BCUT2D eigenvalue weighted by Gasteiger charge is -2.17. The Hall–Kier alpha value is -3.40. The van der Waals surface area contributed by atoms with Crippen molar-refractivity contribution in [3.8, 4) is 6.07 Å². The van der Waals surface area contributed by atoms with E-state index in [4.69, 9.17) is 10.00 Å². The van der Waals surface area contributed by atoms with Crippen LogP contribution in [-0.4, -0.2) is 35.4 Å². The molecule has 29 heavy (non-hydrogen) atoms. The molecule has 0 aliphatic heterocycles. The zero-order valence-corrected chi connectivity index (χ0v) is 17.2. The van der Waals surface area contributed by atoms with Gasteiger partial charge in [-0.25, -0.2) is 0 Å². The first kappa shape index (κ1) is 21.9. The first-order valence-electron chi connectivity index (χ1n) is 9.30. The van der Waals surface area contributed by atoms with Crippen LogP contribution in [0.4, 0.5) is 0 Å². The zero-order valence-electron chi connectivity index (χ0n) is 17.2. The molecule has 7 heteroatoms. The molecule has 1 aromatic carbocycles. The first-order chi connectivity index (χ1) is 13.7. The number of amides is 1. The summed E-state index contributed by atoms with van der Waals surface area (Å²) in [5, 5.41) is 9.10. The average Bonchev–Trinajstić information content (AvgIpc) is 2.67. The molecule has 0 aliphatic carbocycles. The Bertz CT molecular complexity index is 1000. The Morgan fingerprint density at radius 1 is 1.17 bits per heavy atom. The molecule has 0 radical (unpaired) electrons. The minimum absolute atomic E-state index is 0.0480. The minimum Gasteiger partial charge on any atom is -0.456 e. The van der Waals surface area contributed by atoms with Crippen molar-refractivity contribution in [3.63, 3.8) is 0 Å². The van der Waals surface area contributed by atoms with E-state index in [-0.39, 0.29) is 24.5 Å². The van der Waals surface area contributed by atoms with Crippen molar-refractivity contribution in [3.05, 3.63) is 68.1 Å². The van der Waals surface area contributed by atoms with E-state index in [9.17, 15) is 14.4 Å². The highest BCUT2D eigenvalue weighted by Crippen LogP contribution is 2.15. The van der Waals surface area contributed by atoms with E-state index in [2.05, 4.69) is 4.98 Å². The fourth-order valence-corrected chi connectivity index (χ4v) is 3.03. The summed E-state index contributed by atoms with van der Waals surface area (Å²) in [5.41, 5.74) is 3.68. The summed E-state index contributed by atoms with van der Waals surface area (Å²) in [6, 6.07) is 9.75. The molecule has 0 saturated heterocycles. The summed E-state index contributed by atoms with van der Waals surface area (Å²) in [4.78, 5) is 40.1. The summed E-state index contributed by atoms with van der Waals surface area (Å²) >= 11 is 0. The Morgan fingerprint density at radius 2 is 1.83 bits per heavy atom. The van der Waals surface area contributed by atoms with Crippen molar-refractivity contribution in [1.82, 2.24) is 9.88 Å². The number of likely N-dealkylation sites (N-methyl/N-ethyl adjacent to an activating group) is 1. The van der Waals surface area contributed by atoms with Gasteiger partial charge in [-0.2, -0.15) is 5.26 Å². The lowest BCUT2D eigenvalue weighted by molar-refractivity contribution is -0.151. The van der Waals surface area contributed by atoms with Crippen LogP contribution < -0.4 is 5.56 Å². The number of carbonyl (C=O) groups excluding carboxylic acids is 2. The SMILES string of the molecule is Cc1ccc(CN(C)C(=O)COC(=O)CCc2c(C)[nH]c(=O)c(C#N)c2C)cc1. The molecule has 152 valence electrons. The van der Waals surface area contributed by atoms with E-state index in [0.717, 1.165) is 16.7 Å². The highest BCUT2D eigenvalue weighted by Gasteiger charge is 2.16. The molecule has 0 spiro atoms. The Kier molecular flexibility index (Phi) is 7.32. The molecule has 1 amide bonds. The second-order valence-corrected chi connectivity index (χ2v) is 7.07. The van der Waals surface area contributed by atoms with E-state index < -0.39 is 11.5 Å². The first-order valence-corrected chi connectivity index (χ1v) is 9.30. The van der Waals surface area contributed by atoms with Gasteiger partial charge in [0.15, 0.2) is 6.61 Å². The fraction of sp³-hybridized carbons (Fsp3) is 0.364. The van der Waals surface area contributed by atoms with Gasteiger partial charge in [0.25, 0.3) is 11.5 Å². The number of aromatic nitrogens is 1. The molecule has 0 atom stereocenters. The normalized spacial score (nSPS) is 10.3. The van der Waals surface area contributed by atoms with Gasteiger partial charge in [0.05, 0.1) is 0 Å². The van der Waals surface area contributed by atoms with Crippen LogP contribution in [0.2, 0.25) is 0 Å². The van der Waals surface area contributed by atoms with Crippen molar-refractivity contribution in [1.29, 1.82) is 5.26 Å². The second kappa shape index (κ2) is 9.69. The standard InChI is InChI=1S/C22H25N3O4/c1-14-5-7-17(8-6-14)12-25(4)20(26)13-29-21(27)10-9-18-15(2)19(11-23)22(28)24-16(18)3/h5-8H,9-10,12-13H2,1-4H3,(H,24,28). The number of H-pyrrole nitrogens is 1. The fourth-order valence-electron chi connectivity index (χ4n) is 3.03. The van der Waals surface area contributed by atoms with Crippen LogP contribution in [0.15, 0.2) is 29.1 Å². The van der Waals surface area contributed by atoms with Gasteiger partial charge in [-0.15, -0.1) is 0 Å². The number of hydrogen-bond acceptors (Lipinski definition) is 5. The number of carbonyl (C=O) groups is 2. The number of ether oxygens (including phenoxy) is 1. The number of pyridine rings is 1. The van der Waals surface area contributed by atoms with Crippen LogP contribution >= 0.6 is 0 Å². The number of nitrogens with zero attached hydrogens (tertiary/aromatic N) is 2. The summed E-state index contributed by atoms with van der Waals surface area (Å²) in [5.74, 6) is -0.798. The van der Waals surface area contributed by atoms with Crippen molar-refractivity contribution >= 4 is 11.9 Å². The van der Waals surface area contributed by atoms with Gasteiger partial charge in [-0.1, -0.05) is 29.8 Å². The van der Waals surface area contributed by atoms with Crippen LogP contribution in [0.25, 0.3) is 0 Å². The maximum Gasteiger partial charge on any atom is 0.306 e. The molecule has 1 heterocycles. The second-order valence-electron chi connectivity index (χ2n) is 7.07. The van der Waals surface area contributed by atoms with E-state index in [0.29, 0.717) is 24.2 Å². The topological polar surface area (TPSA) is 103 Å². The third-order valence-electron chi connectivity index (χ3n) is 4.82. The summed E-state index contributed by atoms with van der Waals surface area (Å²) in [6.45, 7) is 5.51. The third kappa shape index (κ3) is 5.79. The molecule has 0 saturated carbocycles. The van der Waals surface area contributed by atoms with Crippen LogP contribution in [0.3, 0.4) is 0 Å². The summed E-state index contributed by atoms with van der Waals surface area (Å²) in [7, 11) is 1.66. The third-order valence-corrected chi connectivity index (χ3v) is 4.82. The molecule has 0 bridgehead atoms. The monoisotopic (exact) mass is 395 g/mol. The average molecular weight is 395 g/mol. The Morgan fingerprint density at radius 3 is 2.45 bits per heavy atom. The van der Waals surface area contributed by atoms with Gasteiger partial charge in [-0.05, 0) is 43.9 Å². The number of esters is 1. The van der Waals surface area contributed by atoms with Gasteiger partial charge in [0, 0.05) is 25.7 Å². The molecule has 1 aromatic heterocycles. The molecule has 2 aromatic rings. The maximum absolute atomic E-state index is 12.2. The van der Waals surface area contributed by atoms with Crippen LogP contribution in [0.5, 0.6) is 0 Å². The smallest absolute Gasteiger partial charge is 0.306 e. The van der Waals surface area contributed by atoms with Gasteiger partial charge in [0.1, 0.15) is 11.6 Å². The number of hydrogen-bond donors (Lipinski definition) is 1. The van der Waals surface area contributed by atoms with Crippen LogP contribution in [0.1, 0.15) is 39.9 Å². The minimum atomic E-state index is -0.509. The number of benzene rings is 1. The lowest BCUT2D eigenvalue weighted by atomic mass is 9.99. The molecule has 0 fully saturated rings. The quantitative estimate of drug-likeness (QED) is 0.725. The van der Waals surface area contributed by atoms with Gasteiger partial charge in [0.2, 0.25) is 0 Å². The number of nitriles is 1. The van der Waals surface area contributed by atoms with Crippen LogP contribution in [-0.2, 0) is 27.3 Å². The molecule has 2 rings (SSSR count). The van der Waals surface area contributed by atoms with Gasteiger partial charge in [-0.3, -0.25) is 14.4 Å². The number of aryl methyl sites for hydroxylation is 2. The van der Waals surface area contributed by atoms with Crippen LogP contribution in [0, 0.1) is 32.1 Å². The summed E-state index contributed by atoms with van der Waals surface area (Å²) < 4.78 is 5.10. The molecular formula is C22H25N3O4. The predicted octanol–water partition coefficient (Wildman–Crippen LogP) is 2.31. The summed E-state index contributed by atoms with van der Waals surface area (Å²) in [6.07, 6.45) is 0.364. The molecular weight excluding hydrogens is 370 g/mol. The Balaban J connectivity index is 1.87. The van der Waals surface area contributed by atoms with Crippen molar-refractivity contribution in [2.24, 2.45) is 0 Å². The predicted molar refractivity (Wildman–Crippen MR) is 108 cm³/mol. The van der Waals surface area contributed by atoms with E-state index in [1.165, 1.54) is 4.90 Å². The van der Waals surface area contributed by atoms with Crippen molar-refractivity contribution < 1.29 is 14.3 Å². The molecule has 0 aliphatic rings. The molecule has 1 N–H and O–H groups in total. The largest absolute Gasteiger partial charge is 0.456 e. The molecule has 0 unspecified atom stereocenters. The molecule has 7 nitrogen and oxygen atoms in total. The highest BCUT2D eigenvalue weighted by molar-refractivity contribution is 5.80. The highest BCUT2D eigenvalue weighted by atomic mass is 16.5. The zero-order chi connectivity index (χ0) is 21.6. The lowest BCUT2D eigenvalue weighted by Crippen LogP contribution is -2.30. The Labute approximate surface area is 169 Å². The van der Waals surface area contributed by atoms with Gasteiger partial charge < -0.3 is 14.6 Å². The van der Waals surface area contributed by atoms with E-state index in [1.54, 1.807) is 20.9 Å². The maximum atomic E-state index is 12.2. The number of aromatic amines is 1. The van der Waals surface area contributed by atoms with Crippen molar-refractivity contribution in [2.45, 2.75) is 40.2 Å². The van der Waals surface area contributed by atoms with Crippen molar-refractivity contribution in [2.75, 3.05) is 13.7 Å². The van der Waals surface area contributed by atoms with Gasteiger partial charge >= 0.3 is 5.97 Å². The number of rotatable bonds is 7. The number of nitrogens with one attached hydrogen (secondary N) is 1. The van der Waals surface area contributed by atoms with E-state index >= 15 is 0 Å².